The van der Waals surface area contributed by atoms with E-state index in [-0.39, 0.29) is 10.6 Å². The molecule has 84 valence electrons. The van der Waals surface area contributed by atoms with Crippen LogP contribution in [-0.2, 0) is 6.42 Å². The lowest BCUT2D eigenvalue weighted by Gasteiger charge is -2.10. The Morgan fingerprint density at radius 1 is 1.31 bits per heavy atom. The van der Waals surface area contributed by atoms with Gasteiger partial charge in [0, 0.05) is 4.88 Å². The summed E-state index contributed by atoms with van der Waals surface area (Å²) in [6, 6.07) is 9.04. The normalized spacial score (nSPS) is 12.7. The lowest BCUT2D eigenvalue weighted by molar-refractivity contribution is 0.608. The Kier molecular flexibility index (Phi) is 3.77. The predicted octanol–water partition coefficient (Wildman–Crippen LogP) is 4.87. The summed E-state index contributed by atoms with van der Waals surface area (Å²) in [6.07, 6.45) is 0.689. The van der Waals surface area contributed by atoms with Gasteiger partial charge in [0.15, 0.2) is 0 Å². The molecule has 0 amide bonds. The number of benzene rings is 1. The summed E-state index contributed by atoms with van der Waals surface area (Å²) in [7, 11) is 0. The third kappa shape index (κ3) is 2.53. The van der Waals surface area contributed by atoms with E-state index in [1.54, 1.807) is 17.4 Å². The maximum atomic E-state index is 13.5. The van der Waals surface area contributed by atoms with Gasteiger partial charge in [0.1, 0.15) is 5.82 Å². The van der Waals surface area contributed by atoms with Crippen LogP contribution >= 0.6 is 27.3 Å². The van der Waals surface area contributed by atoms with Gasteiger partial charge in [-0.2, -0.15) is 0 Å². The van der Waals surface area contributed by atoms with Gasteiger partial charge in [-0.15, -0.1) is 11.3 Å². The van der Waals surface area contributed by atoms with Crippen LogP contribution in [0.2, 0.25) is 0 Å². The molecule has 1 atom stereocenters. The minimum absolute atomic E-state index is 0.124. The fraction of sp³-hybridized carbons (Fsp3) is 0.231. The van der Waals surface area contributed by atoms with E-state index in [0.717, 1.165) is 5.56 Å². The molecule has 1 heterocycles. The first-order valence-electron chi connectivity index (χ1n) is 5.10. The van der Waals surface area contributed by atoms with E-state index in [1.165, 1.54) is 16.5 Å². The first-order chi connectivity index (χ1) is 7.68. The van der Waals surface area contributed by atoms with Crippen LogP contribution < -0.4 is 0 Å². The molecular formula is C13H12BrFS. The van der Waals surface area contributed by atoms with Crippen molar-refractivity contribution in [2.24, 2.45) is 0 Å². The van der Waals surface area contributed by atoms with Crippen molar-refractivity contribution in [2.45, 2.75) is 18.2 Å². The first kappa shape index (κ1) is 11.8. The molecule has 2 rings (SSSR count). The van der Waals surface area contributed by atoms with Crippen molar-refractivity contribution < 1.29 is 4.39 Å². The van der Waals surface area contributed by atoms with Gasteiger partial charge >= 0.3 is 0 Å². The van der Waals surface area contributed by atoms with Crippen LogP contribution in [-0.4, -0.2) is 0 Å². The maximum Gasteiger partial charge on any atom is 0.126 e. The van der Waals surface area contributed by atoms with Gasteiger partial charge in [-0.3, -0.25) is 0 Å². The van der Waals surface area contributed by atoms with Crippen LogP contribution in [0.15, 0.2) is 35.7 Å². The third-order valence-electron chi connectivity index (χ3n) is 2.54. The Labute approximate surface area is 107 Å². The lowest BCUT2D eigenvalue weighted by Crippen LogP contribution is -1.97. The van der Waals surface area contributed by atoms with Gasteiger partial charge in [-0.05, 0) is 42.0 Å². The number of thiophene rings is 1. The van der Waals surface area contributed by atoms with Crippen molar-refractivity contribution in [1.29, 1.82) is 0 Å². The zero-order valence-electron chi connectivity index (χ0n) is 8.91. The van der Waals surface area contributed by atoms with Gasteiger partial charge in [0.25, 0.3) is 0 Å². The van der Waals surface area contributed by atoms with E-state index in [2.05, 4.69) is 34.3 Å². The first-order valence-corrected chi connectivity index (χ1v) is 6.89. The average molecular weight is 299 g/mol. The van der Waals surface area contributed by atoms with Crippen LogP contribution in [0, 0.1) is 12.7 Å². The summed E-state index contributed by atoms with van der Waals surface area (Å²) in [5, 5.41) is 2.07. The fourth-order valence-electron chi connectivity index (χ4n) is 1.66. The zero-order valence-corrected chi connectivity index (χ0v) is 11.3. The maximum absolute atomic E-state index is 13.5. The number of halogens is 2. The molecule has 16 heavy (non-hydrogen) atoms. The van der Waals surface area contributed by atoms with Crippen molar-refractivity contribution in [3.8, 4) is 0 Å². The van der Waals surface area contributed by atoms with Gasteiger partial charge in [-0.1, -0.05) is 34.1 Å². The summed E-state index contributed by atoms with van der Waals surface area (Å²) in [4.78, 5) is 1.48. The van der Waals surface area contributed by atoms with Gasteiger partial charge in [0.2, 0.25) is 0 Å². The van der Waals surface area contributed by atoms with Gasteiger partial charge in [-0.25, -0.2) is 4.39 Å². The third-order valence-corrected chi connectivity index (χ3v) is 4.76. The summed E-state index contributed by atoms with van der Waals surface area (Å²) in [5.41, 5.74) is 2.03. The standard InChI is InChI=1S/C13H12BrFS/c1-9-6-7-16-13(9)11(14)8-10-4-2-3-5-12(10)15/h2-7,11H,8H2,1H3. The number of alkyl halides is 1. The average Bonchev–Trinajstić information content (AvgIpc) is 2.68. The number of rotatable bonds is 3. The van der Waals surface area contributed by atoms with Crippen LogP contribution in [0.3, 0.4) is 0 Å². The van der Waals surface area contributed by atoms with Crippen molar-refractivity contribution >= 4 is 27.3 Å². The summed E-state index contributed by atoms with van der Waals surface area (Å²) in [6.45, 7) is 2.08. The topological polar surface area (TPSA) is 0 Å². The molecule has 0 fully saturated rings. The molecule has 0 saturated carbocycles. The number of hydrogen-bond acceptors (Lipinski definition) is 1. The Hall–Kier alpha value is -0.670. The summed E-state index contributed by atoms with van der Waals surface area (Å²) >= 11 is 5.34. The molecule has 1 unspecified atom stereocenters. The van der Waals surface area contributed by atoms with Crippen LogP contribution in [0.5, 0.6) is 0 Å². The second-order valence-electron chi connectivity index (χ2n) is 3.73. The molecule has 0 saturated heterocycles. The Balaban J connectivity index is 2.17. The molecule has 1 aromatic carbocycles. The smallest absolute Gasteiger partial charge is 0.126 e. The molecule has 0 nitrogen and oxygen atoms in total. The molecule has 1 aromatic heterocycles. The molecule has 0 aliphatic rings. The highest BCUT2D eigenvalue weighted by atomic mass is 79.9. The van der Waals surface area contributed by atoms with Crippen LogP contribution in [0.25, 0.3) is 0 Å². The highest BCUT2D eigenvalue weighted by Gasteiger charge is 2.14. The van der Waals surface area contributed by atoms with Gasteiger partial charge in [0.05, 0.1) is 4.83 Å². The van der Waals surface area contributed by atoms with Crippen LogP contribution in [0.1, 0.15) is 20.8 Å². The Morgan fingerprint density at radius 2 is 2.06 bits per heavy atom. The predicted molar refractivity (Wildman–Crippen MR) is 70.8 cm³/mol. The molecule has 0 radical (unpaired) electrons. The fourth-order valence-corrected chi connectivity index (χ4v) is 3.59. The summed E-state index contributed by atoms with van der Waals surface area (Å²) in [5.74, 6) is -0.124. The Morgan fingerprint density at radius 3 is 2.69 bits per heavy atom. The van der Waals surface area contributed by atoms with Crippen molar-refractivity contribution in [2.75, 3.05) is 0 Å². The van der Waals surface area contributed by atoms with Gasteiger partial charge < -0.3 is 0 Å². The monoisotopic (exact) mass is 298 g/mol. The molecule has 2 aromatic rings. The Bertz CT molecular complexity index is 478. The molecule has 0 N–H and O–H groups in total. The van der Waals surface area contributed by atoms with Crippen molar-refractivity contribution in [1.82, 2.24) is 0 Å². The molecule has 3 heteroatoms. The summed E-state index contributed by atoms with van der Waals surface area (Å²) < 4.78 is 13.5. The second kappa shape index (κ2) is 5.11. The molecule has 0 aliphatic carbocycles. The molecule has 0 spiro atoms. The van der Waals surface area contributed by atoms with E-state index in [0.29, 0.717) is 6.42 Å². The molecular weight excluding hydrogens is 287 g/mol. The highest BCUT2D eigenvalue weighted by molar-refractivity contribution is 9.09. The van der Waals surface area contributed by atoms with E-state index in [9.17, 15) is 4.39 Å². The van der Waals surface area contributed by atoms with Crippen molar-refractivity contribution in [3.05, 3.63) is 57.5 Å². The second-order valence-corrected chi connectivity index (χ2v) is 5.78. The quantitative estimate of drug-likeness (QED) is 0.709. The zero-order chi connectivity index (χ0) is 11.5. The SMILES string of the molecule is Cc1ccsc1C(Br)Cc1ccccc1F. The minimum Gasteiger partial charge on any atom is -0.207 e. The van der Waals surface area contributed by atoms with E-state index >= 15 is 0 Å². The van der Waals surface area contributed by atoms with E-state index in [4.69, 9.17) is 0 Å². The highest BCUT2D eigenvalue weighted by Crippen LogP contribution is 2.33. The molecule has 0 bridgehead atoms. The van der Waals surface area contributed by atoms with E-state index in [1.807, 2.05) is 12.1 Å². The minimum atomic E-state index is -0.124. The number of aryl methyl sites for hydroxylation is 1. The van der Waals surface area contributed by atoms with Crippen LogP contribution in [0.4, 0.5) is 4.39 Å². The largest absolute Gasteiger partial charge is 0.207 e. The van der Waals surface area contributed by atoms with Crippen molar-refractivity contribution in [3.63, 3.8) is 0 Å². The lowest BCUT2D eigenvalue weighted by atomic mass is 10.1. The molecule has 0 aliphatic heterocycles. The number of hydrogen-bond donors (Lipinski definition) is 0. The van der Waals surface area contributed by atoms with E-state index < -0.39 is 0 Å².